The van der Waals surface area contributed by atoms with Gasteiger partial charge in [0.25, 0.3) is 0 Å². The number of halogens is 2. The maximum atomic E-state index is 16.8. The van der Waals surface area contributed by atoms with Crippen molar-refractivity contribution in [3.63, 3.8) is 0 Å². The maximum Gasteiger partial charge on any atom is 0.319 e. The van der Waals surface area contributed by atoms with Crippen molar-refractivity contribution >= 4 is 27.5 Å². The second kappa shape index (κ2) is 10.0. The molecule has 7 nitrogen and oxygen atoms in total. The van der Waals surface area contributed by atoms with Gasteiger partial charge in [0.15, 0.2) is 5.82 Å². The standard InChI is InChI=1S/C34H33F2N5O2/c1-2-24-28(35)10-5-20-15-23(42)16-27(29(20)24)25-8-9-26-31(30(25)36)38-33(43-19-34-11-3-13-41(34)14-4-12-34)39-32(26)40-17-21-6-7-22(18-40)37-21/h1,5,8-10,15-16,21-22,37,42H,3-4,6-7,11-14,17-19H2. The van der Waals surface area contributed by atoms with Gasteiger partial charge in [-0.25, -0.2) is 8.78 Å². The number of nitrogens with zero attached hydrogens (tertiary/aromatic N) is 4. The van der Waals surface area contributed by atoms with Gasteiger partial charge in [0, 0.05) is 41.5 Å². The van der Waals surface area contributed by atoms with Gasteiger partial charge in [0.2, 0.25) is 0 Å². The lowest BCUT2D eigenvalue weighted by atomic mass is 9.93. The highest BCUT2D eigenvalue weighted by Gasteiger charge is 2.45. The van der Waals surface area contributed by atoms with E-state index in [0.29, 0.717) is 46.2 Å². The lowest BCUT2D eigenvalue weighted by molar-refractivity contribution is 0.108. The summed E-state index contributed by atoms with van der Waals surface area (Å²) in [7, 11) is 0. The molecule has 0 aliphatic carbocycles. The molecule has 4 fully saturated rings. The van der Waals surface area contributed by atoms with E-state index in [0.717, 1.165) is 64.7 Å². The fraction of sp³-hybridized carbons (Fsp3) is 0.412. The number of piperazine rings is 1. The number of nitrogens with one attached hydrogen (secondary N) is 1. The predicted octanol–water partition coefficient (Wildman–Crippen LogP) is 5.36. The van der Waals surface area contributed by atoms with Gasteiger partial charge in [0.05, 0.1) is 11.1 Å². The van der Waals surface area contributed by atoms with Crippen LogP contribution in [-0.4, -0.2) is 70.4 Å². The van der Waals surface area contributed by atoms with E-state index in [-0.39, 0.29) is 33.9 Å². The molecule has 9 heteroatoms. The normalized spacial score (nSPS) is 22.8. The molecule has 2 bridgehead atoms. The Bertz CT molecular complexity index is 1800. The molecule has 0 amide bonds. The van der Waals surface area contributed by atoms with Crippen molar-refractivity contribution in [1.29, 1.82) is 0 Å². The Morgan fingerprint density at radius 3 is 2.53 bits per heavy atom. The SMILES string of the molecule is C#Cc1c(F)ccc2cc(O)cc(-c3ccc4c(N5CC6CCC(C5)N6)nc(OCC56CCCN5CCC6)nc4c3F)c12. The molecule has 4 aliphatic rings. The Labute approximate surface area is 248 Å². The van der Waals surface area contributed by atoms with Gasteiger partial charge in [-0.3, -0.25) is 4.90 Å². The van der Waals surface area contributed by atoms with E-state index < -0.39 is 11.6 Å². The van der Waals surface area contributed by atoms with Crippen LogP contribution >= 0.6 is 0 Å². The van der Waals surface area contributed by atoms with Crippen molar-refractivity contribution in [1.82, 2.24) is 20.2 Å². The molecule has 0 radical (unpaired) electrons. The summed E-state index contributed by atoms with van der Waals surface area (Å²) in [6, 6.07) is 10.1. The highest BCUT2D eigenvalue weighted by molar-refractivity contribution is 6.04. The van der Waals surface area contributed by atoms with Crippen LogP contribution in [0.15, 0.2) is 36.4 Å². The molecule has 4 saturated heterocycles. The van der Waals surface area contributed by atoms with Crippen molar-refractivity contribution in [3.8, 4) is 35.2 Å². The molecule has 4 aromatic rings. The fourth-order valence-corrected chi connectivity index (χ4v) is 8.05. The number of rotatable bonds is 5. The molecule has 0 saturated carbocycles. The summed E-state index contributed by atoms with van der Waals surface area (Å²) in [4.78, 5) is 14.3. The van der Waals surface area contributed by atoms with Gasteiger partial charge in [-0.2, -0.15) is 9.97 Å². The van der Waals surface area contributed by atoms with Crippen LogP contribution in [0.3, 0.4) is 0 Å². The van der Waals surface area contributed by atoms with Gasteiger partial charge < -0.3 is 20.1 Å². The lowest BCUT2D eigenvalue weighted by Crippen LogP contribution is -2.51. The zero-order valence-corrected chi connectivity index (χ0v) is 23.9. The van der Waals surface area contributed by atoms with Crippen molar-refractivity contribution < 1.29 is 18.6 Å². The number of ether oxygens (including phenoxy) is 1. The quantitative estimate of drug-likeness (QED) is 0.308. The van der Waals surface area contributed by atoms with Crippen molar-refractivity contribution in [2.24, 2.45) is 0 Å². The van der Waals surface area contributed by atoms with E-state index in [1.807, 2.05) is 6.07 Å². The second-order valence-corrected chi connectivity index (χ2v) is 12.6. The van der Waals surface area contributed by atoms with Gasteiger partial charge in [-0.05, 0) is 86.8 Å². The number of benzene rings is 3. The number of fused-ring (bicyclic) bond motifs is 5. The van der Waals surface area contributed by atoms with Crippen LogP contribution in [-0.2, 0) is 0 Å². The van der Waals surface area contributed by atoms with E-state index >= 15 is 4.39 Å². The molecule has 2 unspecified atom stereocenters. The van der Waals surface area contributed by atoms with Crippen molar-refractivity contribution in [2.45, 2.75) is 56.1 Å². The number of phenolic OH excluding ortho intramolecular Hbond substituents is 1. The highest BCUT2D eigenvalue weighted by atomic mass is 19.1. The molecular formula is C34H33F2N5O2. The van der Waals surface area contributed by atoms with E-state index in [2.05, 4.69) is 26.0 Å². The van der Waals surface area contributed by atoms with E-state index in [4.69, 9.17) is 16.1 Å². The molecule has 43 heavy (non-hydrogen) atoms. The monoisotopic (exact) mass is 581 g/mol. The number of hydrogen-bond donors (Lipinski definition) is 2. The summed E-state index contributed by atoms with van der Waals surface area (Å²) in [5.41, 5.74) is 0.612. The molecule has 2 N–H and O–H groups in total. The van der Waals surface area contributed by atoms with E-state index in [9.17, 15) is 9.50 Å². The number of hydrogen-bond acceptors (Lipinski definition) is 7. The second-order valence-electron chi connectivity index (χ2n) is 12.6. The Balaban J connectivity index is 1.28. The predicted molar refractivity (Wildman–Crippen MR) is 162 cm³/mol. The van der Waals surface area contributed by atoms with Gasteiger partial charge in [0.1, 0.15) is 29.5 Å². The number of aromatic hydroxyl groups is 1. The van der Waals surface area contributed by atoms with Crippen LogP contribution in [0.4, 0.5) is 14.6 Å². The third kappa shape index (κ3) is 4.30. The van der Waals surface area contributed by atoms with Gasteiger partial charge in [-0.1, -0.05) is 18.1 Å². The van der Waals surface area contributed by atoms with Gasteiger partial charge in [-0.15, -0.1) is 6.42 Å². The molecule has 4 aliphatic heterocycles. The molecule has 5 heterocycles. The Kier molecular flexibility index (Phi) is 6.21. The van der Waals surface area contributed by atoms with Crippen molar-refractivity contribution in [3.05, 3.63) is 53.6 Å². The number of phenols is 1. The fourth-order valence-electron chi connectivity index (χ4n) is 8.05. The molecular weight excluding hydrogens is 548 g/mol. The molecule has 0 spiro atoms. The van der Waals surface area contributed by atoms with E-state index in [1.54, 1.807) is 6.07 Å². The van der Waals surface area contributed by atoms with Crippen LogP contribution in [0.25, 0.3) is 32.8 Å². The van der Waals surface area contributed by atoms with Crippen LogP contribution in [0.1, 0.15) is 44.1 Å². The third-order valence-corrected chi connectivity index (χ3v) is 10.0. The number of terminal acetylenes is 1. The van der Waals surface area contributed by atoms with Gasteiger partial charge >= 0.3 is 6.01 Å². The summed E-state index contributed by atoms with van der Waals surface area (Å²) in [5, 5.41) is 15.7. The lowest BCUT2D eigenvalue weighted by Gasteiger charge is -2.34. The smallest absolute Gasteiger partial charge is 0.319 e. The van der Waals surface area contributed by atoms with E-state index in [1.165, 1.54) is 24.3 Å². The minimum absolute atomic E-state index is 0.0107. The Hall–Kier alpha value is -4.00. The topological polar surface area (TPSA) is 73.8 Å². The summed E-state index contributed by atoms with van der Waals surface area (Å²) in [6.07, 6.45) is 12.3. The highest BCUT2D eigenvalue weighted by Crippen LogP contribution is 2.42. The molecule has 1 aromatic heterocycles. The summed E-state index contributed by atoms with van der Waals surface area (Å²) in [6.45, 7) is 4.16. The zero-order chi connectivity index (χ0) is 29.3. The first-order valence-corrected chi connectivity index (χ1v) is 15.2. The maximum absolute atomic E-state index is 16.8. The van der Waals surface area contributed by atoms with Crippen LogP contribution < -0.4 is 15.0 Å². The summed E-state index contributed by atoms with van der Waals surface area (Å²) >= 11 is 0. The Morgan fingerprint density at radius 2 is 1.79 bits per heavy atom. The molecule has 220 valence electrons. The summed E-state index contributed by atoms with van der Waals surface area (Å²) < 4.78 is 37.9. The third-order valence-electron chi connectivity index (χ3n) is 10.0. The van der Waals surface area contributed by atoms with Crippen LogP contribution in [0.5, 0.6) is 11.8 Å². The summed E-state index contributed by atoms with van der Waals surface area (Å²) in [5.74, 6) is 1.83. The molecule has 2 atom stereocenters. The largest absolute Gasteiger partial charge is 0.508 e. The molecule has 3 aromatic carbocycles. The first-order valence-electron chi connectivity index (χ1n) is 15.2. The minimum Gasteiger partial charge on any atom is -0.508 e. The van der Waals surface area contributed by atoms with Crippen LogP contribution in [0, 0.1) is 24.0 Å². The minimum atomic E-state index is -0.593. The average Bonchev–Trinajstić information content (AvgIpc) is 3.69. The first-order chi connectivity index (χ1) is 20.9. The molecule has 8 rings (SSSR count). The average molecular weight is 582 g/mol. The Morgan fingerprint density at radius 1 is 1.02 bits per heavy atom. The number of anilines is 1. The zero-order valence-electron chi connectivity index (χ0n) is 23.9. The number of aromatic nitrogens is 2. The van der Waals surface area contributed by atoms with Crippen molar-refractivity contribution in [2.75, 3.05) is 37.7 Å². The van der Waals surface area contributed by atoms with Crippen LogP contribution in [0.2, 0.25) is 0 Å². The first kappa shape index (κ1) is 26.6.